The number of hydrogen-bond acceptors (Lipinski definition) is 18. The van der Waals surface area contributed by atoms with Gasteiger partial charge in [0.1, 0.15) is 28.3 Å². The molecule has 0 bridgehead atoms. The molecule has 2 amide bonds. The Bertz CT molecular complexity index is 3100. The third-order valence-electron chi connectivity index (χ3n) is 8.41. The van der Waals surface area contributed by atoms with Crippen LogP contribution in [-0.4, -0.2) is 96.4 Å². The highest BCUT2D eigenvalue weighted by atomic mass is 35.5. The SMILES string of the molecule is CCOC(=O)COC(=O)c1cc(Oc2ccc(C(F)(F)F)cc2Cl)ccc1[N+](=O)[O-].COc1cc(OC)nc(NC(=O)NS(=O)(=O)c2ncccc2C(F)(F)F)n1.O=C(O)COc1ccc(Cl)c2cccnc12. The molecule has 0 radical (unpaired) electrons. The summed E-state index contributed by atoms with van der Waals surface area (Å²) in [5.74, 6) is -3.39. The summed E-state index contributed by atoms with van der Waals surface area (Å²) >= 11 is 11.8. The number of sulfonamides is 1. The molecule has 0 unspecified atom stereocenters. The van der Waals surface area contributed by atoms with Gasteiger partial charge in [-0.15, -0.1) is 0 Å². The molecule has 31 heteroatoms. The Morgan fingerprint density at radius 1 is 0.795 bits per heavy atom. The van der Waals surface area contributed by atoms with E-state index in [4.69, 9.17) is 52.0 Å². The number of nitro groups is 1. The molecule has 0 aliphatic heterocycles. The van der Waals surface area contributed by atoms with Gasteiger partial charge in [-0.25, -0.2) is 28.9 Å². The zero-order chi connectivity index (χ0) is 54.3. The minimum Gasteiger partial charge on any atom is -0.481 e. The van der Waals surface area contributed by atoms with Crippen molar-refractivity contribution in [3.05, 3.63) is 128 Å². The second-order valence-electron chi connectivity index (χ2n) is 13.4. The molecule has 0 saturated heterocycles. The number of nitrogens with zero attached hydrogens (tertiary/aromatic N) is 5. The van der Waals surface area contributed by atoms with Gasteiger partial charge in [0.05, 0.1) is 53.0 Å². The normalized spacial score (nSPS) is 11.1. The summed E-state index contributed by atoms with van der Waals surface area (Å²) in [5.41, 5.74) is -3.12. The number of nitrogens with one attached hydrogen (secondary N) is 2. The average molecular weight is 1090 g/mol. The molecule has 3 aromatic carbocycles. The van der Waals surface area contributed by atoms with Crippen molar-refractivity contribution in [1.82, 2.24) is 24.7 Å². The summed E-state index contributed by atoms with van der Waals surface area (Å²) in [6.45, 7) is 0.429. The van der Waals surface area contributed by atoms with E-state index in [-0.39, 0.29) is 34.9 Å². The van der Waals surface area contributed by atoms with Crippen molar-refractivity contribution in [1.29, 1.82) is 0 Å². The standard InChI is InChI=1S/C18H13ClF3NO7.C13H12F3N5O5S.C11H8ClNO3/c1-2-28-16(24)9-29-17(25)12-8-11(4-5-14(12)23(26)27)30-15-6-3-10(7-13(15)19)18(20,21)22;1-25-8-6-9(26-2)19-11(18-8)20-12(22)21-27(23,24)10-7(13(14,15)16)4-3-5-17-10;12-8-3-4-9(16-6-10(14)15)11-7(8)2-1-5-13-11/h3-8H,2,9H2,1H3;3-6H,1-2H3,(H2,18,19,20,21,22);1-5H,6H2,(H,14,15). The number of aliphatic carboxylic acids is 1. The number of carboxylic acid groups (broad SMARTS) is 1. The van der Waals surface area contributed by atoms with Crippen molar-refractivity contribution in [3.8, 4) is 29.0 Å². The maximum Gasteiger partial charge on any atom is 0.419 e. The topological polar surface area (TPSA) is 297 Å². The number of urea groups is 1. The van der Waals surface area contributed by atoms with Crippen molar-refractivity contribution in [2.75, 3.05) is 39.4 Å². The van der Waals surface area contributed by atoms with E-state index >= 15 is 0 Å². The Morgan fingerprint density at radius 2 is 1.44 bits per heavy atom. The van der Waals surface area contributed by atoms with Crippen LogP contribution in [0, 0.1) is 10.1 Å². The number of anilines is 1. The largest absolute Gasteiger partial charge is 0.481 e. The van der Waals surface area contributed by atoms with Crippen LogP contribution in [0.1, 0.15) is 28.4 Å². The van der Waals surface area contributed by atoms with Gasteiger partial charge < -0.3 is 33.5 Å². The number of carboxylic acids is 1. The average Bonchev–Trinajstić information content (AvgIpc) is 3.33. The number of esters is 2. The van der Waals surface area contributed by atoms with Crippen molar-refractivity contribution in [2.45, 2.75) is 24.3 Å². The molecule has 6 aromatic rings. The first-order valence-electron chi connectivity index (χ1n) is 19.6. The summed E-state index contributed by atoms with van der Waals surface area (Å²) in [6, 6.07) is 13.5. The fourth-order valence-electron chi connectivity index (χ4n) is 5.35. The predicted octanol–water partition coefficient (Wildman–Crippen LogP) is 8.55. The number of aromatic nitrogens is 4. The molecule has 73 heavy (non-hydrogen) atoms. The van der Waals surface area contributed by atoms with Crippen LogP contribution >= 0.6 is 23.2 Å². The molecular weight excluding hydrogens is 1060 g/mol. The first-order chi connectivity index (χ1) is 34.3. The Morgan fingerprint density at radius 3 is 2.03 bits per heavy atom. The lowest BCUT2D eigenvalue weighted by Crippen LogP contribution is -2.36. The van der Waals surface area contributed by atoms with Crippen molar-refractivity contribution in [2.24, 2.45) is 0 Å². The third kappa shape index (κ3) is 16.6. The molecule has 0 aliphatic rings. The highest BCUT2D eigenvalue weighted by Crippen LogP contribution is 2.38. The number of alkyl halides is 6. The Labute approximate surface area is 416 Å². The molecule has 0 aliphatic carbocycles. The highest BCUT2D eigenvalue weighted by molar-refractivity contribution is 7.90. The van der Waals surface area contributed by atoms with Crippen LogP contribution in [0.4, 0.5) is 42.8 Å². The zero-order valence-electron chi connectivity index (χ0n) is 37.1. The van der Waals surface area contributed by atoms with E-state index in [9.17, 15) is 64.1 Å². The molecule has 22 nitrogen and oxygen atoms in total. The van der Waals surface area contributed by atoms with Crippen LogP contribution in [-0.2, 0) is 41.4 Å². The van der Waals surface area contributed by atoms with E-state index in [1.165, 1.54) is 31.9 Å². The van der Waals surface area contributed by atoms with Gasteiger partial charge in [-0.2, -0.15) is 44.7 Å². The van der Waals surface area contributed by atoms with E-state index in [1.54, 1.807) is 30.5 Å². The number of benzene rings is 3. The smallest absolute Gasteiger partial charge is 0.419 e. The number of methoxy groups -OCH3 is 2. The number of pyridine rings is 2. The van der Waals surface area contributed by atoms with Gasteiger partial charge in [-0.05, 0) is 67.6 Å². The molecule has 0 fully saturated rings. The van der Waals surface area contributed by atoms with Gasteiger partial charge in [0.2, 0.25) is 17.7 Å². The van der Waals surface area contributed by atoms with Crippen molar-refractivity contribution < 1.29 is 92.4 Å². The zero-order valence-corrected chi connectivity index (χ0v) is 39.4. The molecule has 0 spiro atoms. The monoisotopic (exact) mass is 1090 g/mol. The molecule has 3 N–H and O–H groups in total. The van der Waals surface area contributed by atoms with Gasteiger partial charge in [0.25, 0.3) is 15.7 Å². The predicted molar refractivity (Wildman–Crippen MR) is 240 cm³/mol. The third-order valence-corrected chi connectivity index (χ3v) is 10.3. The van der Waals surface area contributed by atoms with Crippen LogP contribution in [0.3, 0.4) is 0 Å². The lowest BCUT2D eigenvalue weighted by molar-refractivity contribution is -0.385. The van der Waals surface area contributed by atoms with Crippen molar-refractivity contribution >= 4 is 79.7 Å². The van der Waals surface area contributed by atoms with Crippen LogP contribution in [0.25, 0.3) is 10.9 Å². The first kappa shape index (κ1) is 57.3. The van der Waals surface area contributed by atoms with Gasteiger partial charge in [0, 0.05) is 29.9 Å². The van der Waals surface area contributed by atoms with Gasteiger partial charge in [-0.1, -0.05) is 23.2 Å². The lowest BCUT2D eigenvalue weighted by Gasteiger charge is -2.13. The van der Waals surface area contributed by atoms with Crippen LogP contribution in [0.15, 0.2) is 96.3 Å². The number of amides is 2. The minimum atomic E-state index is -4.99. The molecule has 0 saturated carbocycles. The van der Waals surface area contributed by atoms with Gasteiger partial charge in [0.15, 0.2) is 18.2 Å². The summed E-state index contributed by atoms with van der Waals surface area (Å²) in [7, 11) is -2.39. The first-order valence-corrected chi connectivity index (χ1v) is 21.9. The second-order valence-corrected chi connectivity index (χ2v) is 15.8. The number of rotatable bonds is 15. The number of halogens is 8. The van der Waals surface area contributed by atoms with Crippen LogP contribution in [0.5, 0.6) is 29.0 Å². The van der Waals surface area contributed by atoms with E-state index in [0.29, 0.717) is 28.4 Å². The summed E-state index contributed by atoms with van der Waals surface area (Å²) in [5, 5.41) is 21.2. The summed E-state index contributed by atoms with van der Waals surface area (Å²) < 4.78 is 132. The maximum atomic E-state index is 12.9. The van der Waals surface area contributed by atoms with Crippen molar-refractivity contribution in [3.63, 3.8) is 0 Å². The fourth-order valence-corrected chi connectivity index (χ4v) is 6.85. The number of carbonyl (C=O) groups is 4. The quantitative estimate of drug-likeness (QED) is 0.0375. The van der Waals surface area contributed by atoms with E-state index in [0.717, 1.165) is 48.0 Å². The maximum absolute atomic E-state index is 12.9. The van der Waals surface area contributed by atoms with E-state index in [1.807, 2.05) is 5.32 Å². The molecule has 3 aromatic heterocycles. The lowest BCUT2D eigenvalue weighted by atomic mass is 10.1. The Hall–Kier alpha value is -8.31. The van der Waals surface area contributed by atoms with Crippen LogP contribution < -0.4 is 29.0 Å². The fraction of sp³-hybridized carbons (Fsp3) is 0.190. The summed E-state index contributed by atoms with van der Waals surface area (Å²) in [6.07, 6.45) is -7.15. The van der Waals surface area contributed by atoms with Crippen LogP contribution in [0.2, 0.25) is 10.0 Å². The molecular formula is C42H33Cl2F6N7O15S. The number of ether oxygens (including phenoxy) is 6. The minimum absolute atomic E-state index is 0.0101. The van der Waals surface area contributed by atoms with E-state index in [2.05, 4.69) is 24.7 Å². The number of hydrogen-bond donors (Lipinski definition) is 3. The molecule has 388 valence electrons. The highest BCUT2D eigenvalue weighted by Gasteiger charge is 2.39. The summed E-state index contributed by atoms with van der Waals surface area (Å²) in [4.78, 5) is 70.8. The molecule has 6 rings (SSSR count). The molecule has 3 heterocycles. The van der Waals surface area contributed by atoms with E-state index < -0.39 is 97.8 Å². The number of nitro benzene ring substituents is 1. The van der Waals surface area contributed by atoms with Gasteiger partial charge >= 0.3 is 36.3 Å². The Kier molecular flexibility index (Phi) is 19.8. The number of fused-ring (bicyclic) bond motifs is 1. The van der Waals surface area contributed by atoms with Gasteiger partial charge in [-0.3, -0.25) is 20.4 Å². The Balaban J connectivity index is 0.000000247. The number of carbonyl (C=O) groups excluding carboxylic acids is 3. The molecule has 0 atom stereocenters. The second kappa shape index (κ2) is 25.2.